The minimum Gasteiger partial charge on any atom is -0.493 e. The molecule has 1 aromatic carbocycles. The largest absolute Gasteiger partial charge is 0.493 e. The summed E-state index contributed by atoms with van der Waals surface area (Å²) in [6.45, 7) is 18.4. The zero-order chi connectivity index (χ0) is 20.7. The predicted octanol–water partition coefficient (Wildman–Crippen LogP) is 7.56. The standard InChI is InChI=1S/C25H39NO/c1-9-10-11-12-13-16-27-23-21(19(2)14-15-26)17-20(24(3,4)5)18-22(23)25(6,7)8/h14,17-18H,9-13,16H2,1-8H3/b19-14-. The maximum Gasteiger partial charge on any atom is 0.130 e. The summed E-state index contributed by atoms with van der Waals surface area (Å²) in [4.78, 5) is 0. The molecule has 0 aliphatic rings. The molecule has 0 spiro atoms. The number of hydrogen-bond acceptors (Lipinski definition) is 2. The number of nitrogens with zero attached hydrogens (tertiary/aromatic N) is 1. The van der Waals surface area contributed by atoms with Crippen LogP contribution in [0.1, 0.15) is 104 Å². The van der Waals surface area contributed by atoms with Gasteiger partial charge in [0.1, 0.15) is 5.75 Å². The minimum absolute atomic E-state index is 0.0273. The Labute approximate surface area is 167 Å². The van der Waals surface area contributed by atoms with Crippen LogP contribution in [0, 0.1) is 11.3 Å². The summed E-state index contributed by atoms with van der Waals surface area (Å²) in [5.74, 6) is 0.954. The quantitative estimate of drug-likeness (QED) is 0.350. The Morgan fingerprint density at radius 1 is 1.00 bits per heavy atom. The van der Waals surface area contributed by atoms with Gasteiger partial charge in [-0.15, -0.1) is 0 Å². The van der Waals surface area contributed by atoms with E-state index in [0.29, 0.717) is 0 Å². The number of hydrogen-bond donors (Lipinski definition) is 0. The van der Waals surface area contributed by atoms with Crippen LogP contribution in [0.25, 0.3) is 5.57 Å². The van der Waals surface area contributed by atoms with Gasteiger partial charge in [0.15, 0.2) is 0 Å². The van der Waals surface area contributed by atoms with E-state index in [1.165, 1.54) is 36.8 Å². The summed E-state index contributed by atoms with van der Waals surface area (Å²) in [7, 11) is 0. The van der Waals surface area contributed by atoms with E-state index in [1.807, 2.05) is 6.92 Å². The van der Waals surface area contributed by atoms with Crippen molar-refractivity contribution in [2.24, 2.45) is 0 Å². The van der Waals surface area contributed by atoms with Crippen molar-refractivity contribution >= 4 is 5.57 Å². The zero-order valence-electron chi connectivity index (χ0n) is 18.8. The number of unbranched alkanes of at least 4 members (excludes halogenated alkanes) is 4. The predicted molar refractivity (Wildman–Crippen MR) is 117 cm³/mol. The SMILES string of the molecule is CCCCCCCOc1c(/C(C)=C\C#N)cc(C(C)(C)C)cc1C(C)(C)C. The lowest BCUT2D eigenvalue weighted by atomic mass is 9.78. The van der Waals surface area contributed by atoms with Crippen LogP contribution >= 0.6 is 0 Å². The Balaban J connectivity index is 3.34. The van der Waals surface area contributed by atoms with E-state index < -0.39 is 0 Å². The van der Waals surface area contributed by atoms with Crippen LogP contribution in [0.15, 0.2) is 18.2 Å². The summed E-state index contributed by atoms with van der Waals surface area (Å²) < 4.78 is 6.36. The molecule has 0 N–H and O–H groups in total. The fraction of sp³-hybridized carbons (Fsp3) is 0.640. The normalized spacial score (nSPS) is 12.8. The van der Waals surface area contributed by atoms with Crippen LogP contribution in [0.5, 0.6) is 5.75 Å². The molecule has 150 valence electrons. The average molecular weight is 370 g/mol. The third kappa shape index (κ3) is 7.06. The van der Waals surface area contributed by atoms with Gasteiger partial charge in [0.05, 0.1) is 12.7 Å². The maximum absolute atomic E-state index is 9.18. The third-order valence-corrected chi connectivity index (χ3v) is 4.96. The Morgan fingerprint density at radius 3 is 2.15 bits per heavy atom. The Hall–Kier alpha value is -1.75. The van der Waals surface area contributed by atoms with E-state index in [4.69, 9.17) is 4.74 Å². The van der Waals surface area contributed by atoms with Crippen LogP contribution in [0.2, 0.25) is 0 Å². The summed E-state index contributed by atoms with van der Waals surface area (Å²) in [5, 5.41) is 9.18. The van der Waals surface area contributed by atoms with Gasteiger partial charge in [-0.2, -0.15) is 5.26 Å². The van der Waals surface area contributed by atoms with E-state index in [0.717, 1.165) is 29.9 Å². The second-order valence-corrected chi connectivity index (χ2v) is 9.62. The zero-order valence-corrected chi connectivity index (χ0v) is 18.8. The van der Waals surface area contributed by atoms with Crippen molar-refractivity contribution in [2.75, 3.05) is 6.61 Å². The summed E-state index contributed by atoms with van der Waals surface area (Å²) in [6, 6.07) is 6.70. The molecule has 0 amide bonds. The Bertz CT molecular complexity index is 678. The topological polar surface area (TPSA) is 33.0 Å². The third-order valence-electron chi connectivity index (χ3n) is 4.96. The fourth-order valence-electron chi connectivity index (χ4n) is 3.12. The van der Waals surface area contributed by atoms with Gasteiger partial charge < -0.3 is 4.74 Å². The highest BCUT2D eigenvalue weighted by Gasteiger charge is 2.26. The molecule has 2 nitrogen and oxygen atoms in total. The molecule has 2 heteroatoms. The van der Waals surface area contributed by atoms with E-state index in [2.05, 4.69) is 66.7 Å². The van der Waals surface area contributed by atoms with E-state index in [1.54, 1.807) is 6.08 Å². The Morgan fingerprint density at radius 2 is 1.63 bits per heavy atom. The van der Waals surface area contributed by atoms with Gasteiger partial charge in [0.2, 0.25) is 0 Å². The van der Waals surface area contributed by atoms with Crippen LogP contribution in [-0.4, -0.2) is 6.61 Å². The van der Waals surface area contributed by atoms with Gasteiger partial charge >= 0.3 is 0 Å². The summed E-state index contributed by atoms with van der Waals surface area (Å²) in [5.41, 5.74) is 4.55. The molecular formula is C25H39NO. The molecule has 0 aliphatic carbocycles. The average Bonchev–Trinajstić information content (AvgIpc) is 2.56. The van der Waals surface area contributed by atoms with Crippen molar-refractivity contribution < 1.29 is 4.74 Å². The van der Waals surface area contributed by atoms with Gasteiger partial charge in [-0.1, -0.05) is 80.2 Å². The molecule has 0 unspecified atom stereocenters. The lowest BCUT2D eigenvalue weighted by Gasteiger charge is -2.29. The molecule has 0 bridgehead atoms. The van der Waals surface area contributed by atoms with Gasteiger partial charge in [0, 0.05) is 17.2 Å². The van der Waals surface area contributed by atoms with E-state index >= 15 is 0 Å². The number of benzene rings is 1. The van der Waals surface area contributed by atoms with Crippen molar-refractivity contribution in [3.8, 4) is 11.8 Å². The van der Waals surface area contributed by atoms with E-state index in [-0.39, 0.29) is 10.8 Å². The van der Waals surface area contributed by atoms with Crippen molar-refractivity contribution in [3.05, 3.63) is 34.9 Å². The van der Waals surface area contributed by atoms with Crippen molar-refractivity contribution in [3.63, 3.8) is 0 Å². The van der Waals surface area contributed by atoms with Crippen LogP contribution in [0.4, 0.5) is 0 Å². The lowest BCUT2D eigenvalue weighted by molar-refractivity contribution is 0.295. The fourth-order valence-corrected chi connectivity index (χ4v) is 3.12. The first-order chi connectivity index (χ1) is 12.5. The molecule has 0 saturated heterocycles. The molecule has 1 rings (SSSR count). The molecule has 0 atom stereocenters. The Kier molecular flexibility index (Phi) is 8.60. The number of rotatable bonds is 8. The number of allylic oxidation sites excluding steroid dienone is 2. The molecule has 0 saturated carbocycles. The highest BCUT2D eigenvalue weighted by molar-refractivity contribution is 5.73. The molecule has 0 aromatic heterocycles. The molecule has 0 radical (unpaired) electrons. The highest BCUT2D eigenvalue weighted by Crippen LogP contribution is 2.41. The molecular weight excluding hydrogens is 330 g/mol. The van der Waals surface area contributed by atoms with Crippen molar-refractivity contribution in [2.45, 2.75) is 98.3 Å². The van der Waals surface area contributed by atoms with Gasteiger partial charge in [-0.05, 0) is 41.4 Å². The first kappa shape index (κ1) is 23.3. The second kappa shape index (κ2) is 9.98. The number of nitriles is 1. The first-order valence-electron chi connectivity index (χ1n) is 10.4. The molecule has 27 heavy (non-hydrogen) atoms. The van der Waals surface area contributed by atoms with E-state index in [9.17, 15) is 5.26 Å². The second-order valence-electron chi connectivity index (χ2n) is 9.62. The summed E-state index contributed by atoms with van der Waals surface area (Å²) in [6.07, 6.45) is 7.73. The van der Waals surface area contributed by atoms with Gasteiger partial charge in [-0.25, -0.2) is 0 Å². The summed E-state index contributed by atoms with van der Waals surface area (Å²) >= 11 is 0. The van der Waals surface area contributed by atoms with Gasteiger partial charge in [-0.3, -0.25) is 0 Å². The minimum atomic E-state index is -0.0273. The number of ether oxygens (including phenoxy) is 1. The first-order valence-corrected chi connectivity index (χ1v) is 10.4. The molecule has 0 fully saturated rings. The maximum atomic E-state index is 9.18. The van der Waals surface area contributed by atoms with Crippen LogP contribution in [-0.2, 0) is 10.8 Å². The van der Waals surface area contributed by atoms with Crippen LogP contribution in [0.3, 0.4) is 0 Å². The molecule has 0 aliphatic heterocycles. The molecule has 0 heterocycles. The smallest absolute Gasteiger partial charge is 0.130 e. The van der Waals surface area contributed by atoms with Crippen molar-refractivity contribution in [1.82, 2.24) is 0 Å². The molecule has 1 aromatic rings. The monoisotopic (exact) mass is 369 g/mol. The van der Waals surface area contributed by atoms with Crippen LogP contribution < -0.4 is 4.74 Å². The van der Waals surface area contributed by atoms with Gasteiger partial charge in [0.25, 0.3) is 0 Å². The van der Waals surface area contributed by atoms with Crippen molar-refractivity contribution in [1.29, 1.82) is 5.26 Å². The highest BCUT2D eigenvalue weighted by atomic mass is 16.5. The lowest BCUT2D eigenvalue weighted by Crippen LogP contribution is -2.19.